The molecule has 4 nitrogen and oxygen atoms in total. The first kappa shape index (κ1) is 10.0. The molecule has 0 aliphatic carbocycles. The molecule has 1 saturated heterocycles. The lowest BCUT2D eigenvalue weighted by Gasteiger charge is -2.31. The third kappa shape index (κ3) is 2.30. The second kappa shape index (κ2) is 4.84. The van der Waals surface area contributed by atoms with Gasteiger partial charge in [-0.05, 0) is 0 Å². The monoisotopic (exact) mass is 213 g/mol. The van der Waals surface area contributed by atoms with Gasteiger partial charge in [0.2, 0.25) is 0 Å². The third-order valence-electron chi connectivity index (χ3n) is 2.32. The van der Waals surface area contributed by atoms with Gasteiger partial charge in [-0.1, -0.05) is 0 Å². The first-order valence-electron chi connectivity index (χ1n) is 4.83. The summed E-state index contributed by atoms with van der Waals surface area (Å²) in [5.74, 6) is 0. The zero-order valence-electron chi connectivity index (χ0n) is 8.06. The molecule has 1 aromatic rings. The number of morpholine rings is 1. The zero-order chi connectivity index (χ0) is 9.80. The highest BCUT2D eigenvalue weighted by atomic mass is 32.1. The van der Waals surface area contributed by atoms with E-state index in [4.69, 9.17) is 10.5 Å². The van der Waals surface area contributed by atoms with Gasteiger partial charge in [-0.3, -0.25) is 4.90 Å². The van der Waals surface area contributed by atoms with Crippen molar-refractivity contribution in [2.24, 2.45) is 5.73 Å². The maximum absolute atomic E-state index is 5.66. The van der Waals surface area contributed by atoms with Crippen molar-refractivity contribution in [2.75, 3.05) is 32.8 Å². The van der Waals surface area contributed by atoms with Crippen LogP contribution in [0.4, 0.5) is 0 Å². The fraction of sp³-hybridized carbons (Fsp3) is 0.667. The number of rotatable bonds is 3. The third-order valence-corrected chi connectivity index (χ3v) is 3.19. The summed E-state index contributed by atoms with van der Waals surface area (Å²) in [4.78, 5) is 6.60. The Morgan fingerprint density at radius 1 is 1.71 bits per heavy atom. The van der Waals surface area contributed by atoms with Crippen LogP contribution in [0.25, 0.3) is 0 Å². The molecule has 78 valence electrons. The van der Waals surface area contributed by atoms with Gasteiger partial charge in [0.15, 0.2) is 0 Å². The highest BCUT2D eigenvalue weighted by molar-refractivity contribution is 7.09. The summed E-state index contributed by atoms with van der Waals surface area (Å²) in [7, 11) is 0. The molecule has 0 spiro atoms. The van der Waals surface area contributed by atoms with Gasteiger partial charge in [0.1, 0.15) is 11.1 Å². The van der Waals surface area contributed by atoms with E-state index in [1.54, 1.807) is 11.3 Å². The number of hydrogen-bond donors (Lipinski definition) is 1. The Balaban J connectivity index is 1.94. The summed E-state index contributed by atoms with van der Waals surface area (Å²) >= 11 is 1.66. The van der Waals surface area contributed by atoms with E-state index in [1.807, 2.05) is 11.6 Å². The maximum Gasteiger partial charge on any atom is 0.123 e. The molecule has 0 saturated carbocycles. The van der Waals surface area contributed by atoms with Gasteiger partial charge in [-0.25, -0.2) is 4.98 Å². The molecule has 1 unspecified atom stereocenters. The molecule has 1 aliphatic heterocycles. The first-order chi connectivity index (χ1) is 6.90. The number of nitrogens with two attached hydrogens (primary N) is 1. The molecule has 0 aromatic carbocycles. The lowest BCUT2D eigenvalue weighted by atomic mass is 10.3. The normalized spacial score (nSPS) is 23.9. The molecular weight excluding hydrogens is 198 g/mol. The molecule has 1 aromatic heterocycles. The van der Waals surface area contributed by atoms with Crippen LogP contribution in [0.1, 0.15) is 11.1 Å². The van der Waals surface area contributed by atoms with E-state index in [-0.39, 0.29) is 6.10 Å². The molecule has 5 heteroatoms. The van der Waals surface area contributed by atoms with Crippen molar-refractivity contribution in [1.82, 2.24) is 9.88 Å². The Bertz CT molecular complexity index is 263. The van der Waals surface area contributed by atoms with Crippen LogP contribution in [0.15, 0.2) is 11.6 Å². The van der Waals surface area contributed by atoms with Gasteiger partial charge in [0.05, 0.1) is 6.61 Å². The van der Waals surface area contributed by atoms with Crippen LogP contribution >= 0.6 is 11.3 Å². The van der Waals surface area contributed by atoms with Crippen molar-refractivity contribution in [1.29, 1.82) is 0 Å². The van der Waals surface area contributed by atoms with Crippen LogP contribution in [-0.2, 0) is 4.74 Å². The quantitative estimate of drug-likeness (QED) is 0.793. The van der Waals surface area contributed by atoms with Crippen LogP contribution in [-0.4, -0.2) is 42.7 Å². The van der Waals surface area contributed by atoms with Crippen molar-refractivity contribution in [3.8, 4) is 0 Å². The highest BCUT2D eigenvalue weighted by Gasteiger charge is 2.22. The van der Waals surface area contributed by atoms with Crippen LogP contribution in [0.2, 0.25) is 0 Å². The average molecular weight is 213 g/mol. The second-order valence-electron chi connectivity index (χ2n) is 3.32. The molecule has 0 amide bonds. The van der Waals surface area contributed by atoms with Gasteiger partial charge in [0.25, 0.3) is 0 Å². The van der Waals surface area contributed by atoms with Gasteiger partial charge in [-0.15, -0.1) is 11.3 Å². The summed E-state index contributed by atoms with van der Waals surface area (Å²) < 4.78 is 5.66. The first-order valence-corrected chi connectivity index (χ1v) is 5.71. The highest BCUT2D eigenvalue weighted by Crippen LogP contribution is 2.23. The van der Waals surface area contributed by atoms with Crippen molar-refractivity contribution >= 4 is 11.3 Å². The molecule has 2 heterocycles. The molecule has 14 heavy (non-hydrogen) atoms. The summed E-state index contributed by atoms with van der Waals surface area (Å²) in [6, 6.07) is 0. The minimum atomic E-state index is 0.148. The fourth-order valence-electron chi connectivity index (χ4n) is 1.63. The zero-order valence-corrected chi connectivity index (χ0v) is 8.87. The van der Waals surface area contributed by atoms with Crippen molar-refractivity contribution < 1.29 is 4.74 Å². The Morgan fingerprint density at radius 3 is 3.36 bits per heavy atom. The molecule has 1 atom stereocenters. The van der Waals surface area contributed by atoms with E-state index in [0.29, 0.717) is 6.54 Å². The molecule has 0 bridgehead atoms. The van der Waals surface area contributed by atoms with Gasteiger partial charge in [0, 0.05) is 37.8 Å². The van der Waals surface area contributed by atoms with Crippen LogP contribution in [0, 0.1) is 0 Å². The lowest BCUT2D eigenvalue weighted by Crippen LogP contribution is -2.40. The number of nitrogens with zero attached hydrogens (tertiary/aromatic N) is 2. The number of ether oxygens (including phenoxy) is 1. The van der Waals surface area contributed by atoms with E-state index in [2.05, 4.69) is 9.88 Å². The topological polar surface area (TPSA) is 51.4 Å². The Hall–Kier alpha value is -0.490. The van der Waals surface area contributed by atoms with E-state index in [0.717, 1.165) is 31.2 Å². The number of aromatic nitrogens is 1. The molecule has 0 radical (unpaired) electrons. The van der Waals surface area contributed by atoms with E-state index in [9.17, 15) is 0 Å². The molecule has 1 fully saturated rings. The van der Waals surface area contributed by atoms with Gasteiger partial charge < -0.3 is 10.5 Å². The molecular formula is C9H15N3OS. The fourth-order valence-corrected chi connectivity index (χ4v) is 2.31. The van der Waals surface area contributed by atoms with Crippen LogP contribution < -0.4 is 5.73 Å². The van der Waals surface area contributed by atoms with Crippen molar-refractivity contribution in [3.63, 3.8) is 0 Å². The van der Waals surface area contributed by atoms with E-state index < -0.39 is 0 Å². The summed E-state index contributed by atoms with van der Waals surface area (Å²) in [6.45, 7) is 4.35. The average Bonchev–Trinajstić information content (AvgIpc) is 2.71. The van der Waals surface area contributed by atoms with Gasteiger partial charge in [-0.2, -0.15) is 0 Å². The minimum Gasteiger partial charge on any atom is -0.368 e. The summed E-state index contributed by atoms with van der Waals surface area (Å²) in [5.41, 5.74) is 5.53. The minimum absolute atomic E-state index is 0.148. The predicted molar refractivity (Wildman–Crippen MR) is 56.3 cm³/mol. The van der Waals surface area contributed by atoms with E-state index in [1.165, 1.54) is 0 Å². The Labute approximate surface area is 87.7 Å². The Kier molecular flexibility index (Phi) is 3.47. The standard InChI is InChI=1S/C9H15N3OS/c10-1-3-12-4-5-13-8(7-12)9-11-2-6-14-9/h2,6,8H,1,3-5,7,10H2. The maximum atomic E-state index is 5.66. The SMILES string of the molecule is NCCN1CCOC(c2nccs2)C1. The molecule has 1 aliphatic rings. The largest absolute Gasteiger partial charge is 0.368 e. The second-order valence-corrected chi connectivity index (χ2v) is 4.25. The van der Waals surface area contributed by atoms with Crippen molar-refractivity contribution in [2.45, 2.75) is 6.10 Å². The lowest BCUT2D eigenvalue weighted by molar-refractivity contribution is -0.0289. The predicted octanol–water partition coefficient (Wildman–Crippen LogP) is 0.475. The van der Waals surface area contributed by atoms with Crippen LogP contribution in [0.3, 0.4) is 0 Å². The molecule has 2 N–H and O–H groups in total. The summed E-state index contributed by atoms with van der Waals surface area (Å²) in [5, 5.41) is 3.06. The molecule has 2 rings (SSSR count). The summed E-state index contributed by atoms with van der Waals surface area (Å²) in [6.07, 6.45) is 1.97. The number of hydrogen-bond acceptors (Lipinski definition) is 5. The van der Waals surface area contributed by atoms with Crippen LogP contribution in [0.5, 0.6) is 0 Å². The van der Waals surface area contributed by atoms with Gasteiger partial charge >= 0.3 is 0 Å². The smallest absolute Gasteiger partial charge is 0.123 e. The van der Waals surface area contributed by atoms with Crippen molar-refractivity contribution in [3.05, 3.63) is 16.6 Å². The number of thiazole rings is 1. The Morgan fingerprint density at radius 2 is 2.64 bits per heavy atom. The van der Waals surface area contributed by atoms with E-state index >= 15 is 0 Å².